The molecule has 0 aromatic carbocycles. The third-order valence-electron chi connectivity index (χ3n) is 6.35. The van der Waals surface area contributed by atoms with Gasteiger partial charge in [-0.15, -0.1) is 0 Å². The molecule has 188 valence electrons. The summed E-state index contributed by atoms with van der Waals surface area (Å²) in [6, 6.07) is 6.78. The van der Waals surface area contributed by atoms with Gasteiger partial charge in [-0.2, -0.15) is 0 Å². The van der Waals surface area contributed by atoms with Gasteiger partial charge in [-0.05, 0) is 25.1 Å². The minimum absolute atomic E-state index is 0.0872. The van der Waals surface area contributed by atoms with Crippen molar-refractivity contribution < 1.29 is 19.4 Å². The van der Waals surface area contributed by atoms with Crippen molar-refractivity contribution in [3.63, 3.8) is 0 Å². The lowest BCUT2D eigenvalue weighted by atomic mass is 9.99. The number of carbonyl (C=O) groups is 2. The molecule has 1 aliphatic heterocycles. The van der Waals surface area contributed by atoms with Gasteiger partial charge in [-0.1, -0.05) is 13.0 Å². The number of hydrogen-bond donors (Lipinski definition) is 1. The molecule has 0 saturated carbocycles. The molecule has 3 aromatic heterocycles. The standard InChI is InChI=1S/C26H30N6O4/c1-17-13-32(18(2)15-33)26(35)22-8-19(20-10-27-16-28-11-20)12-30-25(22)36-23(17)14-31(3)24(34)9-21-6-4-5-7-29-21/h4-8,10-12,16-18,23,33H,9,13-15H2,1-3H3/t17-,18-,23-/m1/s1. The number of pyridine rings is 2. The third-order valence-corrected chi connectivity index (χ3v) is 6.35. The Labute approximate surface area is 210 Å². The van der Waals surface area contributed by atoms with Gasteiger partial charge in [-0.3, -0.25) is 14.6 Å². The predicted molar refractivity (Wildman–Crippen MR) is 132 cm³/mol. The number of carbonyl (C=O) groups excluding carboxylic acids is 2. The number of rotatable bonds is 7. The minimum atomic E-state index is -0.429. The number of aromatic nitrogens is 4. The third kappa shape index (κ3) is 5.65. The van der Waals surface area contributed by atoms with E-state index in [-0.39, 0.29) is 42.2 Å². The Morgan fingerprint density at radius 1 is 1.22 bits per heavy atom. The van der Waals surface area contributed by atoms with Crippen molar-refractivity contribution in [3.8, 4) is 17.0 Å². The van der Waals surface area contributed by atoms with E-state index in [4.69, 9.17) is 4.74 Å². The fraction of sp³-hybridized carbons (Fsp3) is 0.385. The molecule has 0 spiro atoms. The lowest BCUT2D eigenvalue weighted by molar-refractivity contribution is -0.130. The van der Waals surface area contributed by atoms with Crippen molar-refractivity contribution in [3.05, 3.63) is 66.6 Å². The number of likely N-dealkylation sites (N-methyl/N-ethyl adjacent to an activating group) is 1. The number of aliphatic hydroxyl groups is 1. The number of amides is 2. The number of ether oxygens (including phenoxy) is 1. The molecule has 4 rings (SSSR count). The number of aliphatic hydroxyl groups excluding tert-OH is 1. The zero-order valence-corrected chi connectivity index (χ0v) is 20.6. The smallest absolute Gasteiger partial charge is 0.259 e. The summed E-state index contributed by atoms with van der Waals surface area (Å²) < 4.78 is 6.28. The highest BCUT2D eigenvalue weighted by atomic mass is 16.5. The molecular formula is C26H30N6O4. The second kappa shape index (κ2) is 11.2. The van der Waals surface area contributed by atoms with Crippen LogP contribution in [0.3, 0.4) is 0 Å². The van der Waals surface area contributed by atoms with Crippen molar-refractivity contribution in [2.75, 3.05) is 26.7 Å². The summed E-state index contributed by atoms with van der Waals surface area (Å²) in [7, 11) is 1.73. The quantitative estimate of drug-likeness (QED) is 0.533. The van der Waals surface area contributed by atoms with Crippen LogP contribution in [0.25, 0.3) is 11.1 Å². The van der Waals surface area contributed by atoms with Crippen LogP contribution in [0.2, 0.25) is 0 Å². The highest BCUT2D eigenvalue weighted by Gasteiger charge is 2.34. The Balaban J connectivity index is 1.62. The van der Waals surface area contributed by atoms with Gasteiger partial charge >= 0.3 is 0 Å². The van der Waals surface area contributed by atoms with E-state index in [9.17, 15) is 14.7 Å². The lowest BCUT2D eigenvalue weighted by Crippen LogP contribution is -2.50. The molecule has 1 N–H and O–H groups in total. The number of nitrogens with zero attached hydrogens (tertiary/aromatic N) is 6. The Kier molecular flexibility index (Phi) is 7.84. The maximum absolute atomic E-state index is 13.6. The summed E-state index contributed by atoms with van der Waals surface area (Å²) in [5, 5.41) is 9.84. The molecule has 0 aliphatic carbocycles. The number of hydrogen-bond acceptors (Lipinski definition) is 8. The van der Waals surface area contributed by atoms with E-state index in [1.54, 1.807) is 54.6 Å². The summed E-state index contributed by atoms with van der Waals surface area (Å²) >= 11 is 0. The molecule has 0 radical (unpaired) electrons. The molecule has 3 aromatic rings. The average Bonchev–Trinajstić information content (AvgIpc) is 2.91. The van der Waals surface area contributed by atoms with Crippen LogP contribution < -0.4 is 4.74 Å². The van der Waals surface area contributed by atoms with Crippen LogP contribution in [-0.4, -0.2) is 85.5 Å². The van der Waals surface area contributed by atoms with E-state index in [1.807, 2.05) is 25.1 Å². The SMILES string of the molecule is C[C@@H]1CN([C@H](C)CO)C(=O)c2cc(-c3cncnc3)cnc2O[C@@H]1CN(C)C(=O)Cc1ccccn1. The fourth-order valence-electron chi connectivity index (χ4n) is 4.09. The monoisotopic (exact) mass is 490 g/mol. The van der Waals surface area contributed by atoms with Gasteiger partial charge < -0.3 is 19.6 Å². The van der Waals surface area contributed by atoms with Gasteiger partial charge in [0.15, 0.2) is 0 Å². The van der Waals surface area contributed by atoms with Gasteiger partial charge in [0.1, 0.15) is 18.0 Å². The van der Waals surface area contributed by atoms with Crippen molar-refractivity contribution in [2.24, 2.45) is 5.92 Å². The average molecular weight is 491 g/mol. The zero-order chi connectivity index (χ0) is 25.7. The Morgan fingerprint density at radius 2 is 2.00 bits per heavy atom. The van der Waals surface area contributed by atoms with Gasteiger partial charge in [0.2, 0.25) is 11.8 Å². The first-order valence-corrected chi connectivity index (χ1v) is 11.8. The summed E-state index contributed by atoms with van der Waals surface area (Å²) in [6.07, 6.45) is 7.75. The predicted octanol–water partition coefficient (Wildman–Crippen LogP) is 1.85. The molecule has 2 amide bonds. The first-order valence-electron chi connectivity index (χ1n) is 11.8. The summed E-state index contributed by atoms with van der Waals surface area (Å²) in [6.45, 7) is 4.24. The van der Waals surface area contributed by atoms with E-state index in [2.05, 4.69) is 19.9 Å². The van der Waals surface area contributed by atoms with E-state index in [0.29, 0.717) is 29.9 Å². The Hall–Kier alpha value is -3.92. The molecule has 1 aliphatic rings. The largest absolute Gasteiger partial charge is 0.472 e. The van der Waals surface area contributed by atoms with Gasteiger partial charge in [0, 0.05) is 61.1 Å². The second-order valence-corrected chi connectivity index (χ2v) is 9.10. The molecule has 3 atom stereocenters. The topological polar surface area (TPSA) is 122 Å². The number of fused-ring (bicyclic) bond motifs is 1. The maximum atomic E-state index is 13.6. The summed E-state index contributed by atoms with van der Waals surface area (Å²) in [4.78, 5) is 46.5. The minimum Gasteiger partial charge on any atom is -0.472 e. The van der Waals surface area contributed by atoms with Crippen molar-refractivity contribution in [2.45, 2.75) is 32.4 Å². The zero-order valence-electron chi connectivity index (χ0n) is 20.6. The van der Waals surface area contributed by atoms with Crippen LogP contribution in [0.15, 0.2) is 55.4 Å². The van der Waals surface area contributed by atoms with Gasteiger partial charge in [-0.25, -0.2) is 15.0 Å². The molecule has 0 saturated heterocycles. The first kappa shape index (κ1) is 25.2. The second-order valence-electron chi connectivity index (χ2n) is 9.10. The molecule has 0 fully saturated rings. The maximum Gasteiger partial charge on any atom is 0.259 e. The van der Waals surface area contributed by atoms with Crippen LogP contribution in [0.1, 0.15) is 29.9 Å². The molecule has 36 heavy (non-hydrogen) atoms. The molecule has 10 nitrogen and oxygen atoms in total. The lowest BCUT2D eigenvalue weighted by Gasteiger charge is -2.37. The van der Waals surface area contributed by atoms with Crippen LogP contribution in [-0.2, 0) is 11.2 Å². The first-order chi connectivity index (χ1) is 17.4. The van der Waals surface area contributed by atoms with E-state index in [0.717, 1.165) is 0 Å². The summed E-state index contributed by atoms with van der Waals surface area (Å²) in [5.41, 5.74) is 2.37. The van der Waals surface area contributed by atoms with E-state index < -0.39 is 12.1 Å². The van der Waals surface area contributed by atoms with Crippen molar-refractivity contribution in [1.82, 2.24) is 29.7 Å². The van der Waals surface area contributed by atoms with Crippen LogP contribution in [0.4, 0.5) is 0 Å². The van der Waals surface area contributed by atoms with E-state index in [1.165, 1.54) is 6.33 Å². The van der Waals surface area contributed by atoms with E-state index >= 15 is 0 Å². The normalized spacial score (nSPS) is 18.4. The Morgan fingerprint density at radius 3 is 2.69 bits per heavy atom. The molecular weight excluding hydrogens is 460 g/mol. The molecule has 4 heterocycles. The highest BCUT2D eigenvalue weighted by molar-refractivity contribution is 5.98. The van der Waals surface area contributed by atoms with Crippen LogP contribution in [0, 0.1) is 5.92 Å². The molecule has 0 bridgehead atoms. The fourth-order valence-corrected chi connectivity index (χ4v) is 4.09. The molecule has 0 unspecified atom stereocenters. The summed E-state index contributed by atoms with van der Waals surface area (Å²) in [5.74, 6) is -0.304. The van der Waals surface area contributed by atoms with Gasteiger partial charge in [0.25, 0.3) is 5.91 Å². The van der Waals surface area contributed by atoms with Crippen LogP contribution >= 0.6 is 0 Å². The van der Waals surface area contributed by atoms with Crippen molar-refractivity contribution in [1.29, 1.82) is 0 Å². The van der Waals surface area contributed by atoms with Crippen molar-refractivity contribution >= 4 is 11.8 Å². The van der Waals surface area contributed by atoms with Gasteiger partial charge in [0.05, 0.1) is 25.6 Å². The Bertz CT molecular complexity index is 1190. The highest BCUT2D eigenvalue weighted by Crippen LogP contribution is 2.30. The van der Waals surface area contributed by atoms with Crippen LogP contribution in [0.5, 0.6) is 5.88 Å². The molecule has 10 heteroatoms.